The second-order valence-electron chi connectivity index (χ2n) is 4.67. The Labute approximate surface area is 124 Å². The van der Waals surface area contributed by atoms with Gasteiger partial charge in [-0.1, -0.05) is 6.92 Å². The molecule has 0 aromatic carbocycles. The van der Waals surface area contributed by atoms with Crippen LogP contribution in [0.1, 0.15) is 30.7 Å². The number of sulfonamides is 1. The number of nitrogens with one attached hydrogen (secondary N) is 3. The number of rotatable bonds is 8. The van der Waals surface area contributed by atoms with Gasteiger partial charge in [-0.2, -0.15) is 0 Å². The van der Waals surface area contributed by atoms with Gasteiger partial charge in [0.1, 0.15) is 22.2 Å². The lowest BCUT2D eigenvalue weighted by atomic mass is 10.4. The Bertz CT molecular complexity index is 662. The largest absolute Gasteiger partial charge is 0.464 e. The van der Waals surface area contributed by atoms with Gasteiger partial charge in [-0.15, -0.1) is 0 Å². The summed E-state index contributed by atoms with van der Waals surface area (Å²) in [6.45, 7) is 5.20. The predicted molar refractivity (Wildman–Crippen MR) is 78.1 cm³/mol. The zero-order chi connectivity index (χ0) is 15.3. The van der Waals surface area contributed by atoms with Crippen LogP contribution in [0.2, 0.25) is 0 Å². The second kappa shape index (κ2) is 6.88. The van der Waals surface area contributed by atoms with Crippen molar-refractivity contribution in [3.63, 3.8) is 0 Å². The molecule has 0 aliphatic rings. The molecule has 8 heteroatoms. The highest BCUT2D eigenvalue weighted by Crippen LogP contribution is 2.20. The van der Waals surface area contributed by atoms with E-state index in [4.69, 9.17) is 4.42 Å². The molecule has 0 atom stereocenters. The van der Waals surface area contributed by atoms with E-state index in [2.05, 4.69) is 26.9 Å². The molecule has 2 rings (SSSR count). The van der Waals surface area contributed by atoms with E-state index >= 15 is 0 Å². The summed E-state index contributed by atoms with van der Waals surface area (Å²) in [6.07, 6.45) is 4.23. The Morgan fingerprint density at radius 3 is 2.86 bits per heavy atom. The van der Waals surface area contributed by atoms with Gasteiger partial charge >= 0.3 is 0 Å². The number of imidazole rings is 1. The molecule has 2 aromatic rings. The van der Waals surface area contributed by atoms with Gasteiger partial charge in [0, 0.05) is 18.5 Å². The number of hydrogen-bond acceptors (Lipinski definition) is 5. The van der Waals surface area contributed by atoms with Crippen LogP contribution in [0.4, 0.5) is 0 Å². The minimum atomic E-state index is -3.61. The van der Waals surface area contributed by atoms with Crippen molar-refractivity contribution in [1.29, 1.82) is 0 Å². The first-order valence-corrected chi connectivity index (χ1v) is 8.29. The molecule has 0 amide bonds. The molecule has 0 saturated heterocycles. The van der Waals surface area contributed by atoms with Crippen LogP contribution < -0.4 is 10.0 Å². The monoisotopic (exact) mass is 312 g/mol. The summed E-state index contributed by atoms with van der Waals surface area (Å²) in [5.74, 6) is 1.55. The van der Waals surface area contributed by atoms with Crippen LogP contribution in [-0.4, -0.2) is 24.9 Å². The molecule has 0 unspecified atom stereocenters. The van der Waals surface area contributed by atoms with E-state index < -0.39 is 10.0 Å². The smallest absolute Gasteiger partial charge is 0.244 e. The second-order valence-corrected chi connectivity index (χ2v) is 6.41. The van der Waals surface area contributed by atoms with Gasteiger partial charge in [0.05, 0.1) is 13.1 Å². The average Bonchev–Trinajstić information content (AvgIpc) is 3.07. The molecule has 116 valence electrons. The number of aromatic amines is 1. The minimum absolute atomic E-state index is 0.114. The molecule has 21 heavy (non-hydrogen) atoms. The number of nitrogens with zero attached hydrogens (tertiary/aromatic N) is 1. The first-order valence-electron chi connectivity index (χ1n) is 6.81. The summed E-state index contributed by atoms with van der Waals surface area (Å²) in [5.41, 5.74) is 0. The Morgan fingerprint density at radius 2 is 2.19 bits per heavy atom. The standard InChI is InChI=1S/C13H20N4O3S/c1-3-4-14-8-11-7-12(10(2)20-11)21(18,19)17-9-13-15-5-6-16-13/h5-7,14,17H,3-4,8-9H2,1-2H3,(H,15,16). The third-order valence-electron chi connectivity index (χ3n) is 2.92. The van der Waals surface area contributed by atoms with Crippen LogP contribution >= 0.6 is 0 Å². The van der Waals surface area contributed by atoms with Crippen LogP contribution in [-0.2, 0) is 23.1 Å². The number of H-pyrrole nitrogens is 1. The van der Waals surface area contributed by atoms with Gasteiger partial charge < -0.3 is 14.7 Å². The van der Waals surface area contributed by atoms with E-state index in [0.717, 1.165) is 13.0 Å². The van der Waals surface area contributed by atoms with Crippen molar-refractivity contribution in [2.24, 2.45) is 0 Å². The molecule has 0 fully saturated rings. The number of hydrogen-bond donors (Lipinski definition) is 3. The lowest BCUT2D eigenvalue weighted by Gasteiger charge is -2.03. The molecular weight excluding hydrogens is 292 g/mol. The highest BCUT2D eigenvalue weighted by molar-refractivity contribution is 7.89. The first-order chi connectivity index (χ1) is 10.0. The number of furan rings is 1. The fraction of sp³-hybridized carbons (Fsp3) is 0.462. The normalized spacial score (nSPS) is 11.9. The lowest BCUT2D eigenvalue weighted by molar-refractivity contribution is 0.457. The molecule has 0 bridgehead atoms. The van der Waals surface area contributed by atoms with E-state index in [-0.39, 0.29) is 11.4 Å². The zero-order valence-corrected chi connectivity index (χ0v) is 13.0. The predicted octanol–water partition coefficient (Wildman–Crippen LogP) is 1.29. The molecule has 0 aliphatic heterocycles. The molecular formula is C13H20N4O3S. The molecule has 0 spiro atoms. The van der Waals surface area contributed by atoms with E-state index in [0.29, 0.717) is 23.9 Å². The maximum Gasteiger partial charge on any atom is 0.244 e. The Hall–Kier alpha value is -1.64. The summed E-state index contributed by atoms with van der Waals surface area (Å²) < 4.78 is 32.5. The Kier molecular flexibility index (Phi) is 5.16. The van der Waals surface area contributed by atoms with Crippen molar-refractivity contribution in [3.05, 3.63) is 35.8 Å². The molecule has 2 aromatic heterocycles. The summed E-state index contributed by atoms with van der Waals surface area (Å²) in [5, 5.41) is 3.17. The van der Waals surface area contributed by atoms with Crippen LogP contribution in [0.3, 0.4) is 0 Å². The van der Waals surface area contributed by atoms with Crippen LogP contribution in [0.25, 0.3) is 0 Å². The fourth-order valence-electron chi connectivity index (χ4n) is 1.90. The minimum Gasteiger partial charge on any atom is -0.464 e. The van der Waals surface area contributed by atoms with Gasteiger partial charge in [0.2, 0.25) is 10.0 Å². The van der Waals surface area contributed by atoms with Crippen LogP contribution in [0, 0.1) is 6.92 Å². The highest BCUT2D eigenvalue weighted by atomic mass is 32.2. The van der Waals surface area contributed by atoms with Crippen LogP contribution in [0.15, 0.2) is 27.8 Å². The highest BCUT2D eigenvalue weighted by Gasteiger charge is 2.21. The van der Waals surface area contributed by atoms with E-state index in [1.54, 1.807) is 25.4 Å². The van der Waals surface area contributed by atoms with Crippen molar-refractivity contribution >= 4 is 10.0 Å². The third kappa shape index (κ3) is 4.16. The van der Waals surface area contributed by atoms with Crippen molar-refractivity contribution in [2.45, 2.75) is 38.3 Å². The zero-order valence-electron chi connectivity index (χ0n) is 12.1. The third-order valence-corrected chi connectivity index (χ3v) is 4.43. The van der Waals surface area contributed by atoms with Gasteiger partial charge in [0.25, 0.3) is 0 Å². The maximum absolute atomic E-state index is 12.3. The molecule has 2 heterocycles. The number of aryl methyl sites for hydroxylation is 1. The van der Waals surface area contributed by atoms with Crippen molar-refractivity contribution < 1.29 is 12.8 Å². The van der Waals surface area contributed by atoms with Gasteiger partial charge in [-0.25, -0.2) is 18.1 Å². The average molecular weight is 312 g/mol. The first kappa shape index (κ1) is 15.7. The molecule has 0 radical (unpaired) electrons. The maximum atomic E-state index is 12.3. The quantitative estimate of drug-likeness (QED) is 0.638. The SMILES string of the molecule is CCCNCc1cc(S(=O)(=O)NCc2ncc[nH]2)c(C)o1. The van der Waals surface area contributed by atoms with Gasteiger partial charge in [-0.05, 0) is 19.9 Å². The van der Waals surface area contributed by atoms with Gasteiger partial charge in [0.15, 0.2) is 0 Å². The van der Waals surface area contributed by atoms with Crippen LogP contribution in [0.5, 0.6) is 0 Å². The summed E-state index contributed by atoms with van der Waals surface area (Å²) in [7, 11) is -3.61. The Morgan fingerprint density at radius 1 is 1.38 bits per heavy atom. The van der Waals surface area contributed by atoms with E-state index in [1.165, 1.54) is 0 Å². The molecule has 0 saturated carbocycles. The fourth-order valence-corrected chi connectivity index (χ4v) is 3.09. The topological polar surface area (TPSA) is 100 Å². The molecule has 0 aliphatic carbocycles. The number of aromatic nitrogens is 2. The summed E-state index contributed by atoms with van der Waals surface area (Å²) >= 11 is 0. The molecule has 3 N–H and O–H groups in total. The molecule has 7 nitrogen and oxygen atoms in total. The van der Waals surface area contributed by atoms with Crippen molar-refractivity contribution in [2.75, 3.05) is 6.54 Å². The van der Waals surface area contributed by atoms with Gasteiger partial charge in [-0.3, -0.25) is 0 Å². The summed E-state index contributed by atoms with van der Waals surface area (Å²) in [6, 6.07) is 1.56. The Balaban J connectivity index is 2.05. The van der Waals surface area contributed by atoms with Crippen molar-refractivity contribution in [1.82, 2.24) is 20.0 Å². The lowest BCUT2D eigenvalue weighted by Crippen LogP contribution is -2.24. The van der Waals surface area contributed by atoms with Crippen molar-refractivity contribution in [3.8, 4) is 0 Å². The van der Waals surface area contributed by atoms with E-state index in [9.17, 15) is 8.42 Å². The summed E-state index contributed by atoms with van der Waals surface area (Å²) in [4.78, 5) is 6.99. The van der Waals surface area contributed by atoms with E-state index in [1.807, 2.05) is 0 Å².